The molecule has 4 nitrogen and oxygen atoms in total. The van der Waals surface area contributed by atoms with Gasteiger partial charge in [0.1, 0.15) is 11.7 Å². The highest BCUT2D eigenvalue weighted by Crippen LogP contribution is 2.45. The van der Waals surface area contributed by atoms with Crippen molar-refractivity contribution < 1.29 is 4.79 Å². The van der Waals surface area contributed by atoms with Gasteiger partial charge >= 0.3 is 0 Å². The van der Waals surface area contributed by atoms with E-state index in [0.29, 0.717) is 5.02 Å². The third-order valence-electron chi connectivity index (χ3n) is 4.57. The van der Waals surface area contributed by atoms with Crippen molar-refractivity contribution in [3.63, 3.8) is 0 Å². The molecule has 3 rings (SSSR count). The van der Waals surface area contributed by atoms with Crippen LogP contribution >= 0.6 is 11.6 Å². The Morgan fingerprint density at radius 1 is 1.48 bits per heavy atom. The first-order valence-corrected chi connectivity index (χ1v) is 7.96. The number of carbonyl (C=O) groups excluding carboxylic acids is 1. The van der Waals surface area contributed by atoms with E-state index in [2.05, 4.69) is 24.2 Å². The van der Waals surface area contributed by atoms with Crippen LogP contribution in [-0.4, -0.2) is 47.9 Å². The summed E-state index contributed by atoms with van der Waals surface area (Å²) < 4.78 is 0. The topological polar surface area (TPSA) is 35.6 Å². The molecular weight excluding hydrogens is 286 g/mol. The molecular formula is C16H22ClN3O. The number of halogens is 1. The fourth-order valence-corrected chi connectivity index (χ4v) is 3.08. The summed E-state index contributed by atoms with van der Waals surface area (Å²) in [6, 6.07) is 7.79. The number of nitrogens with one attached hydrogen (secondary N) is 1. The van der Waals surface area contributed by atoms with Crippen LogP contribution in [0.2, 0.25) is 5.02 Å². The van der Waals surface area contributed by atoms with Crippen molar-refractivity contribution in [3.8, 4) is 0 Å². The van der Waals surface area contributed by atoms with Gasteiger partial charge in [-0.15, -0.1) is 0 Å². The van der Waals surface area contributed by atoms with Crippen LogP contribution in [0, 0.1) is 0 Å². The van der Waals surface area contributed by atoms with Crippen molar-refractivity contribution in [2.45, 2.75) is 31.5 Å². The third kappa shape index (κ3) is 2.80. The van der Waals surface area contributed by atoms with E-state index in [9.17, 15) is 4.79 Å². The zero-order valence-electron chi connectivity index (χ0n) is 12.6. The predicted molar refractivity (Wildman–Crippen MR) is 84.2 cm³/mol. The van der Waals surface area contributed by atoms with Crippen LogP contribution < -0.4 is 5.32 Å². The summed E-state index contributed by atoms with van der Waals surface area (Å²) in [4.78, 5) is 16.9. The summed E-state index contributed by atoms with van der Waals surface area (Å²) in [6.07, 6.45) is 1.84. The molecule has 1 aromatic rings. The second-order valence-corrected chi connectivity index (χ2v) is 6.51. The lowest BCUT2D eigenvalue weighted by molar-refractivity contribution is -0.131. The molecule has 1 unspecified atom stereocenters. The second kappa shape index (κ2) is 5.59. The Hall–Kier alpha value is -1.10. The Bertz CT molecular complexity index is 544. The Balaban J connectivity index is 1.81. The van der Waals surface area contributed by atoms with Gasteiger partial charge in [0, 0.05) is 18.1 Å². The Kier molecular flexibility index (Phi) is 3.95. The van der Waals surface area contributed by atoms with E-state index in [4.69, 9.17) is 11.6 Å². The molecule has 21 heavy (non-hydrogen) atoms. The van der Waals surface area contributed by atoms with Gasteiger partial charge in [-0.25, -0.2) is 0 Å². The van der Waals surface area contributed by atoms with Crippen LogP contribution in [0.25, 0.3) is 0 Å². The minimum Gasteiger partial charge on any atom is -0.320 e. The number of hydrogen-bond acceptors (Lipinski definition) is 3. The monoisotopic (exact) mass is 307 g/mol. The molecule has 0 radical (unpaired) electrons. The van der Waals surface area contributed by atoms with Crippen molar-refractivity contribution >= 4 is 17.5 Å². The minimum absolute atomic E-state index is 0.0519. The zero-order chi connectivity index (χ0) is 15.0. The van der Waals surface area contributed by atoms with Gasteiger partial charge in [0.05, 0.1) is 0 Å². The van der Waals surface area contributed by atoms with Crippen LogP contribution in [0.15, 0.2) is 24.3 Å². The van der Waals surface area contributed by atoms with E-state index in [1.807, 2.05) is 29.2 Å². The Labute approximate surface area is 131 Å². The standard InChI is InChI=1S/C16H22ClN3O/c1-3-19(2)9-10-20-14(12-5-4-6-13(17)11-12)18-16(7-8-16)15(20)21/h4-6,11,14,18H,3,7-10H2,1-2H3. The van der Waals surface area contributed by atoms with Crippen LogP contribution in [-0.2, 0) is 4.79 Å². The largest absolute Gasteiger partial charge is 0.320 e. The summed E-state index contributed by atoms with van der Waals surface area (Å²) in [5.74, 6) is 0.247. The molecule has 1 aliphatic carbocycles. The number of likely N-dealkylation sites (N-methyl/N-ethyl adjacent to an activating group) is 1. The lowest BCUT2D eigenvalue weighted by atomic mass is 10.1. The SMILES string of the molecule is CCN(C)CCN1C(=O)C2(CC2)NC1c1cccc(Cl)c1. The number of carbonyl (C=O) groups is 1. The lowest BCUT2D eigenvalue weighted by Gasteiger charge is -2.26. The Morgan fingerprint density at radius 3 is 2.86 bits per heavy atom. The molecule has 0 aromatic heterocycles. The van der Waals surface area contributed by atoms with Gasteiger partial charge < -0.3 is 9.80 Å². The maximum atomic E-state index is 12.7. The molecule has 1 N–H and O–H groups in total. The van der Waals surface area contributed by atoms with Gasteiger partial charge in [-0.1, -0.05) is 30.7 Å². The highest BCUT2D eigenvalue weighted by atomic mass is 35.5. The van der Waals surface area contributed by atoms with Gasteiger partial charge in [0.2, 0.25) is 5.91 Å². The highest BCUT2D eigenvalue weighted by Gasteiger charge is 2.59. The van der Waals surface area contributed by atoms with Gasteiger partial charge in [0.25, 0.3) is 0 Å². The molecule has 114 valence electrons. The summed E-state index contributed by atoms with van der Waals surface area (Å²) in [7, 11) is 2.08. The van der Waals surface area contributed by atoms with E-state index >= 15 is 0 Å². The van der Waals surface area contributed by atoms with Crippen LogP contribution in [0.5, 0.6) is 0 Å². The van der Waals surface area contributed by atoms with Crippen LogP contribution in [0.1, 0.15) is 31.5 Å². The number of benzene rings is 1. The molecule has 1 heterocycles. The first-order valence-electron chi connectivity index (χ1n) is 7.58. The smallest absolute Gasteiger partial charge is 0.244 e. The summed E-state index contributed by atoms with van der Waals surface area (Å²) in [5.41, 5.74) is 0.774. The average molecular weight is 308 g/mol. The average Bonchev–Trinajstić information content (AvgIpc) is 3.20. The van der Waals surface area contributed by atoms with Crippen molar-refractivity contribution in [2.75, 3.05) is 26.7 Å². The normalized spacial score (nSPS) is 23.3. The third-order valence-corrected chi connectivity index (χ3v) is 4.81. The molecule has 1 aromatic carbocycles. The first-order chi connectivity index (χ1) is 10.1. The summed E-state index contributed by atoms with van der Waals surface area (Å²) in [5, 5.41) is 4.24. The quantitative estimate of drug-likeness (QED) is 0.906. The number of nitrogens with zero attached hydrogens (tertiary/aromatic N) is 2. The number of rotatable bonds is 5. The second-order valence-electron chi connectivity index (χ2n) is 6.08. The van der Waals surface area contributed by atoms with Crippen molar-refractivity contribution in [3.05, 3.63) is 34.9 Å². The van der Waals surface area contributed by atoms with Gasteiger partial charge in [0.15, 0.2) is 0 Å². The minimum atomic E-state index is -0.294. The van der Waals surface area contributed by atoms with E-state index < -0.39 is 0 Å². The predicted octanol–water partition coefficient (Wildman–Crippen LogP) is 2.25. The van der Waals surface area contributed by atoms with Crippen molar-refractivity contribution in [1.29, 1.82) is 0 Å². The zero-order valence-corrected chi connectivity index (χ0v) is 13.4. The molecule has 1 spiro atoms. The molecule has 2 aliphatic rings. The van der Waals surface area contributed by atoms with E-state index in [-0.39, 0.29) is 17.6 Å². The number of hydrogen-bond donors (Lipinski definition) is 1. The van der Waals surface area contributed by atoms with E-state index in [0.717, 1.165) is 38.0 Å². The molecule has 1 aliphatic heterocycles. The van der Waals surface area contributed by atoms with E-state index in [1.54, 1.807) is 0 Å². The van der Waals surface area contributed by atoms with Gasteiger partial charge in [-0.3, -0.25) is 10.1 Å². The molecule has 0 bridgehead atoms. The molecule has 1 atom stereocenters. The maximum absolute atomic E-state index is 12.7. The van der Waals surface area contributed by atoms with E-state index in [1.165, 1.54) is 0 Å². The first kappa shape index (κ1) is 14.8. The van der Waals surface area contributed by atoms with Crippen LogP contribution in [0.3, 0.4) is 0 Å². The fraction of sp³-hybridized carbons (Fsp3) is 0.562. The fourth-order valence-electron chi connectivity index (χ4n) is 2.88. The molecule has 1 saturated carbocycles. The molecule has 5 heteroatoms. The lowest BCUT2D eigenvalue weighted by Crippen LogP contribution is -2.37. The Morgan fingerprint density at radius 2 is 2.24 bits per heavy atom. The van der Waals surface area contributed by atoms with Crippen LogP contribution in [0.4, 0.5) is 0 Å². The summed E-state index contributed by atoms with van der Waals surface area (Å²) in [6.45, 7) is 4.75. The molecule has 2 fully saturated rings. The number of amides is 1. The molecule has 1 saturated heterocycles. The van der Waals surface area contributed by atoms with Crippen molar-refractivity contribution in [1.82, 2.24) is 15.1 Å². The summed E-state index contributed by atoms with van der Waals surface area (Å²) >= 11 is 6.10. The highest BCUT2D eigenvalue weighted by molar-refractivity contribution is 6.30. The van der Waals surface area contributed by atoms with Crippen molar-refractivity contribution in [2.24, 2.45) is 0 Å². The maximum Gasteiger partial charge on any atom is 0.244 e. The van der Waals surface area contributed by atoms with Gasteiger partial charge in [-0.05, 0) is 44.1 Å². The van der Waals surface area contributed by atoms with Gasteiger partial charge in [-0.2, -0.15) is 0 Å². The molecule has 1 amide bonds.